The zero-order valence-electron chi connectivity index (χ0n) is 8.92. The molecule has 0 atom stereocenters. The molecule has 2 rings (SSSR count). The van der Waals surface area contributed by atoms with Gasteiger partial charge in [0.2, 0.25) is 0 Å². The predicted molar refractivity (Wildman–Crippen MR) is 60.2 cm³/mol. The molecular formula is C13H19N. The van der Waals surface area contributed by atoms with E-state index in [9.17, 15) is 0 Å². The van der Waals surface area contributed by atoms with E-state index in [2.05, 4.69) is 36.5 Å². The van der Waals surface area contributed by atoms with E-state index in [4.69, 9.17) is 0 Å². The van der Waals surface area contributed by atoms with Crippen LogP contribution in [0.15, 0.2) is 24.3 Å². The van der Waals surface area contributed by atoms with Gasteiger partial charge >= 0.3 is 0 Å². The number of aryl methyl sites for hydroxylation is 1. The van der Waals surface area contributed by atoms with E-state index in [1.165, 1.54) is 36.9 Å². The molecule has 1 fully saturated rings. The van der Waals surface area contributed by atoms with Crippen molar-refractivity contribution in [1.82, 2.24) is 5.32 Å². The normalized spacial score (nSPS) is 16.6. The molecule has 0 bridgehead atoms. The molecule has 14 heavy (non-hydrogen) atoms. The highest BCUT2D eigenvalue weighted by molar-refractivity contribution is 5.21. The molecule has 1 N–H and O–H groups in total. The van der Waals surface area contributed by atoms with Crippen molar-refractivity contribution in [2.75, 3.05) is 6.54 Å². The summed E-state index contributed by atoms with van der Waals surface area (Å²) in [7, 11) is 0. The third-order valence-corrected chi connectivity index (χ3v) is 3.07. The molecule has 1 aromatic carbocycles. The number of nitrogens with one attached hydrogen (secondary N) is 1. The summed E-state index contributed by atoms with van der Waals surface area (Å²) in [5.74, 6) is 0.958. The fourth-order valence-electron chi connectivity index (χ4n) is 1.94. The van der Waals surface area contributed by atoms with Crippen LogP contribution in [0.4, 0.5) is 0 Å². The van der Waals surface area contributed by atoms with Crippen LogP contribution in [0.2, 0.25) is 0 Å². The van der Waals surface area contributed by atoms with E-state index in [1.54, 1.807) is 0 Å². The van der Waals surface area contributed by atoms with Gasteiger partial charge in [0.1, 0.15) is 0 Å². The zero-order valence-corrected chi connectivity index (χ0v) is 8.92. The van der Waals surface area contributed by atoms with Gasteiger partial charge in [0.15, 0.2) is 0 Å². The molecule has 0 spiro atoms. The summed E-state index contributed by atoms with van der Waals surface area (Å²) in [6, 6.07) is 8.74. The van der Waals surface area contributed by atoms with Crippen molar-refractivity contribution < 1.29 is 0 Å². The topological polar surface area (TPSA) is 12.0 Å². The fraction of sp³-hybridized carbons (Fsp3) is 0.538. The van der Waals surface area contributed by atoms with Crippen LogP contribution in [-0.4, -0.2) is 6.54 Å². The van der Waals surface area contributed by atoms with Crippen molar-refractivity contribution in [3.05, 3.63) is 35.4 Å². The summed E-state index contributed by atoms with van der Waals surface area (Å²) in [5, 5.41) is 3.53. The van der Waals surface area contributed by atoms with Gasteiger partial charge in [-0.25, -0.2) is 0 Å². The summed E-state index contributed by atoms with van der Waals surface area (Å²) in [6.07, 6.45) is 4.30. The average molecular weight is 189 g/mol. The number of benzene rings is 1. The van der Waals surface area contributed by atoms with Gasteiger partial charge in [-0.3, -0.25) is 0 Å². The molecule has 1 nitrogen and oxygen atoms in total. The first-order valence-corrected chi connectivity index (χ1v) is 5.61. The maximum atomic E-state index is 3.53. The molecule has 1 aromatic rings. The van der Waals surface area contributed by atoms with Crippen molar-refractivity contribution in [2.24, 2.45) is 5.92 Å². The second-order valence-electron chi connectivity index (χ2n) is 4.42. The molecule has 0 radical (unpaired) electrons. The number of rotatable bonds is 4. The summed E-state index contributed by atoms with van der Waals surface area (Å²) in [6.45, 7) is 4.38. The smallest absolute Gasteiger partial charge is 0.0205 e. The van der Waals surface area contributed by atoms with Crippen molar-refractivity contribution in [3.63, 3.8) is 0 Å². The molecular weight excluding hydrogens is 170 g/mol. The quantitative estimate of drug-likeness (QED) is 0.768. The van der Waals surface area contributed by atoms with Crippen LogP contribution in [0.1, 0.15) is 30.4 Å². The summed E-state index contributed by atoms with van der Waals surface area (Å²) in [5.41, 5.74) is 2.76. The minimum Gasteiger partial charge on any atom is -0.312 e. The Bertz CT molecular complexity index is 289. The van der Waals surface area contributed by atoms with Crippen molar-refractivity contribution in [3.8, 4) is 0 Å². The lowest BCUT2D eigenvalue weighted by molar-refractivity contribution is 0.301. The second-order valence-corrected chi connectivity index (χ2v) is 4.42. The first-order chi connectivity index (χ1) is 6.84. The van der Waals surface area contributed by atoms with Crippen molar-refractivity contribution in [1.29, 1.82) is 0 Å². The van der Waals surface area contributed by atoms with Crippen LogP contribution < -0.4 is 5.32 Å². The number of hydrogen-bond donors (Lipinski definition) is 1. The van der Waals surface area contributed by atoms with Gasteiger partial charge in [0.25, 0.3) is 0 Å². The van der Waals surface area contributed by atoms with Crippen LogP contribution in [0.25, 0.3) is 0 Å². The minimum absolute atomic E-state index is 0.958. The van der Waals surface area contributed by atoms with E-state index in [1.807, 2.05) is 0 Å². The number of hydrogen-bond acceptors (Lipinski definition) is 1. The zero-order chi connectivity index (χ0) is 9.80. The lowest BCUT2D eigenvalue weighted by Crippen LogP contribution is -2.26. The summed E-state index contributed by atoms with van der Waals surface area (Å²) >= 11 is 0. The van der Waals surface area contributed by atoms with E-state index >= 15 is 0 Å². The molecule has 76 valence electrons. The Morgan fingerprint density at radius 2 is 2.21 bits per heavy atom. The van der Waals surface area contributed by atoms with E-state index in [-0.39, 0.29) is 0 Å². The van der Waals surface area contributed by atoms with Crippen LogP contribution in [-0.2, 0) is 6.54 Å². The highest BCUT2D eigenvalue weighted by Gasteiger charge is 2.16. The Kier molecular flexibility index (Phi) is 3.20. The lowest BCUT2D eigenvalue weighted by atomic mass is 9.85. The Labute approximate surface area is 86.5 Å². The van der Waals surface area contributed by atoms with Gasteiger partial charge < -0.3 is 5.32 Å². The minimum atomic E-state index is 0.958. The van der Waals surface area contributed by atoms with Crippen LogP contribution in [0.3, 0.4) is 0 Å². The van der Waals surface area contributed by atoms with Gasteiger partial charge in [-0.05, 0) is 37.8 Å². The second kappa shape index (κ2) is 4.61. The predicted octanol–water partition coefficient (Wildman–Crippen LogP) is 2.88. The summed E-state index contributed by atoms with van der Waals surface area (Å²) < 4.78 is 0. The van der Waals surface area contributed by atoms with E-state index in [0.717, 1.165) is 12.5 Å². The van der Waals surface area contributed by atoms with Gasteiger partial charge in [-0.15, -0.1) is 0 Å². The molecule has 1 saturated carbocycles. The third-order valence-electron chi connectivity index (χ3n) is 3.07. The van der Waals surface area contributed by atoms with Crippen molar-refractivity contribution >= 4 is 0 Å². The monoisotopic (exact) mass is 189 g/mol. The van der Waals surface area contributed by atoms with Gasteiger partial charge in [0, 0.05) is 6.54 Å². The van der Waals surface area contributed by atoms with Crippen LogP contribution in [0.5, 0.6) is 0 Å². The van der Waals surface area contributed by atoms with Gasteiger partial charge in [-0.1, -0.05) is 36.2 Å². The first-order valence-electron chi connectivity index (χ1n) is 5.61. The van der Waals surface area contributed by atoms with Gasteiger partial charge in [-0.2, -0.15) is 0 Å². The average Bonchev–Trinajstić information content (AvgIpc) is 2.09. The van der Waals surface area contributed by atoms with Gasteiger partial charge in [0.05, 0.1) is 0 Å². The molecule has 0 unspecified atom stereocenters. The largest absolute Gasteiger partial charge is 0.312 e. The Morgan fingerprint density at radius 1 is 1.36 bits per heavy atom. The Hall–Kier alpha value is -0.820. The standard InChI is InChI=1S/C13H19N/c1-11-4-2-7-13(8-11)10-14-9-12-5-3-6-12/h2,4,7-8,12,14H,3,5-6,9-10H2,1H3. The molecule has 0 heterocycles. The van der Waals surface area contributed by atoms with Crippen molar-refractivity contribution in [2.45, 2.75) is 32.7 Å². The third kappa shape index (κ3) is 2.58. The molecule has 0 aromatic heterocycles. The summed E-state index contributed by atoms with van der Waals surface area (Å²) in [4.78, 5) is 0. The maximum absolute atomic E-state index is 3.53. The SMILES string of the molecule is Cc1cccc(CNCC2CCC2)c1. The molecule has 0 saturated heterocycles. The molecule has 0 amide bonds. The first kappa shape index (κ1) is 9.72. The van der Waals surface area contributed by atoms with Crippen LogP contribution in [0, 0.1) is 12.8 Å². The maximum Gasteiger partial charge on any atom is 0.0205 e. The van der Waals surface area contributed by atoms with E-state index in [0.29, 0.717) is 0 Å². The van der Waals surface area contributed by atoms with E-state index < -0.39 is 0 Å². The molecule has 1 heteroatoms. The fourth-order valence-corrected chi connectivity index (χ4v) is 1.94. The highest BCUT2D eigenvalue weighted by Crippen LogP contribution is 2.25. The Morgan fingerprint density at radius 3 is 2.86 bits per heavy atom. The Balaban J connectivity index is 1.74. The molecule has 1 aliphatic carbocycles. The lowest BCUT2D eigenvalue weighted by Gasteiger charge is -2.25. The highest BCUT2D eigenvalue weighted by atomic mass is 14.9. The molecule has 1 aliphatic rings. The molecule has 0 aliphatic heterocycles. The van der Waals surface area contributed by atoms with Crippen LogP contribution >= 0.6 is 0 Å².